The van der Waals surface area contributed by atoms with Crippen molar-refractivity contribution in [1.82, 2.24) is 0 Å². The molecule has 0 aliphatic rings. The molecule has 0 amide bonds. The molecular formula is C19H41BrClN. The number of rotatable bonds is 16. The number of hydrogen-bond acceptors (Lipinski definition) is 0. The minimum Gasteiger partial charge on any atom is -1.00 e. The van der Waals surface area contributed by atoms with Crippen molar-refractivity contribution in [2.24, 2.45) is 0 Å². The fraction of sp³-hybridized carbons (Fsp3) is 1.00. The van der Waals surface area contributed by atoms with Gasteiger partial charge in [-0.1, -0.05) is 93.5 Å². The van der Waals surface area contributed by atoms with E-state index >= 15 is 0 Å². The Morgan fingerprint density at radius 2 is 0.955 bits per heavy atom. The largest absolute Gasteiger partial charge is 1.00 e. The molecule has 0 N–H and O–H groups in total. The van der Waals surface area contributed by atoms with Gasteiger partial charge in [0.25, 0.3) is 0 Å². The maximum Gasteiger partial charge on any atom is 0.0880 e. The zero-order valence-electron chi connectivity index (χ0n) is 15.5. The van der Waals surface area contributed by atoms with Crippen LogP contribution < -0.4 is 12.4 Å². The van der Waals surface area contributed by atoms with Crippen molar-refractivity contribution in [2.45, 2.75) is 90.4 Å². The Bertz CT molecular complexity index is 210. The molecule has 0 aliphatic carbocycles. The summed E-state index contributed by atoms with van der Waals surface area (Å²) in [6, 6.07) is 0. The van der Waals surface area contributed by atoms with Crippen LogP contribution in [0.2, 0.25) is 0 Å². The van der Waals surface area contributed by atoms with E-state index in [-0.39, 0.29) is 12.4 Å². The first kappa shape index (κ1) is 25.0. The van der Waals surface area contributed by atoms with Crippen molar-refractivity contribution in [3.63, 3.8) is 0 Å². The summed E-state index contributed by atoms with van der Waals surface area (Å²) < 4.78 is 1.17. The molecule has 0 bridgehead atoms. The number of hydrogen-bond donors (Lipinski definition) is 0. The third-order valence-corrected chi connectivity index (χ3v) is 4.91. The highest BCUT2D eigenvalue weighted by molar-refractivity contribution is 9.09. The number of quaternary nitrogens is 1. The second-order valence-corrected chi connectivity index (χ2v) is 8.11. The van der Waals surface area contributed by atoms with Crippen molar-refractivity contribution in [1.29, 1.82) is 0 Å². The van der Waals surface area contributed by atoms with Crippen molar-refractivity contribution >= 4 is 15.9 Å². The Morgan fingerprint density at radius 3 is 1.32 bits per heavy atom. The monoisotopic (exact) mass is 397 g/mol. The molecule has 0 rings (SSSR count). The van der Waals surface area contributed by atoms with Gasteiger partial charge in [-0.3, -0.25) is 0 Å². The molecule has 0 saturated heterocycles. The molecule has 0 heterocycles. The Kier molecular flexibility index (Phi) is 20.5. The van der Waals surface area contributed by atoms with Gasteiger partial charge >= 0.3 is 0 Å². The van der Waals surface area contributed by atoms with E-state index in [0.717, 1.165) is 5.33 Å². The molecule has 0 atom stereocenters. The molecule has 136 valence electrons. The first-order valence-electron chi connectivity index (χ1n) is 9.50. The molecule has 0 spiro atoms. The number of alkyl halides is 1. The van der Waals surface area contributed by atoms with Gasteiger partial charge in [-0.25, -0.2) is 0 Å². The molecular weight excluding hydrogens is 358 g/mol. The third kappa shape index (κ3) is 18.8. The highest BCUT2D eigenvalue weighted by Gasteiger charge is 2.12. The van der Waals surface area contributed by atoms with Crippen molar-refractivity contribution in [2.75, 3.05) is 32.5 Å². The van der Waals surface area contributed by atoms with Crippen LogP contribution in [0.3, 0.4) is 0 Å². The summed E-state index contributed by atoms with van der Waals surface area (Å²) in [4.78, 5) is 0. The van der Waals surface area contributed by atoms with Gasteiger partial charge < -0.3 is 16.9 Å². The van der Waals surface area contributed by atoms with Crippen molar-refractivity contribution in [3.8, 4) is 0 Å². The number of nitrogens with zero attached hydrogens (tertiary/aromatic N) is 1. The lowest BCUT2D eigenvalue weighted by molar-refractivity contribution is -0.887. The lowest BCUT2D eigenvalue weighted by Crippen LogP contribution is -3.00. The smallest absolute Gasteiger partial charge is 0.0880 e. The number of unbranched alkanes of at least 4 members (excludes halogenated alkanes) is 12. The highest BCUT2D eigenvalue weighted by atomic mass is 79.9. The van der Waals surface area contributed by atoms with E-state index in [1.54, 1.807) is 0 Å². The molecule has 0 unspecified atom stereocenters. The molecule has 0 radical (unpaired) electrons. The topological polar surface area (TPSA) is 0 Å². The fourth-order valence-electron chi connectivity index (χ4n) is 2.90. The van der Waals surface area contributed by atoms with Gasteiger partial charge in [-0.2, -0.15) is 0 Å². The lowest BCUT2D eigenvalue weighted by Gasteiger charge is -2.29. The summed E-state index contributed by atoms with van der Waals surface area (Å²) in [5, 5.41) is 1.12. The summed E-state index contributed by atoms with van der Waals surface area (Å²) in [5.74, 6) is 0. The first-order valence-corrected chi connectivity index (χ1v) is 10.6. The van der Waals surface area contributed by atoms with Gasteiger partial charge in [-0.15, -0.1) is 0 Å². The van der Waals surface area contributed by atoms with Crippen LogP contribution in [0.4, 0.5) is 0 Å². The fourth-order valence-corrected chi connectivity index (χ4v) is 3.86. The summed E-state index contributed by atoms with van der Waals surface area (Å²) in [5.41, 5.74) is 0. The molecule has 0 aromatic carbocycles. The first-order chi connectivity index (χ1) is 10.1. The average Bonchev–Trinajstić information content (AvgIpc) is 2.44. The van der Waals surface area contributed by atoms with Gasteiger partial charge in [0, 0.05) is 0 Å². The second kappa shape index (κ2) is 18.1. The van der Waals surface area contributed by atoms with Crippen LogP contribution in [0.25, 0.3) is 0 Å². The van der Waals surface area contributed by atoms with Crippen LogP contribution in [0.1, 0.15) is 90.4 Å². The van der Waals surface area contributed by atoms with E-state index in [0.29, 0.717) is 0 Å². The molecule has 1 nitrogen and oxygen atoms in total. The Balaban J connectivity index is 0. The quantitative estimate of drug-likeness (QED) is 0.212. The maximum atomic E-state index is 3.55. The maximum absolute atomic E-state index is 3.55. The average molecular weight is 399 g/mol. The third-order valence-electron chi connectivity index (χ3n) is 4.56. The van der Waals surface area contributed by atoms with Crippen LogP contribution in [0.5, 0.6) is 0 Å². The van der Waals surface area contributed by atoms with Crippen molar-refractivity contribution in [3.05, 3.63) is 0 Å². The van der Waals surface area contributed by atoms with Crippen LogP contribution in [0, 0.1) is 0 Å². The van der Waals surface area contributed by atoms with Gasteiger partial charge in [-0.05, 0) is 12.8 Å². The number of halogens is 2. The molecule has 0 aromatic heterocycles. The van der Waals surface area contributed by atoms with E-state index in [4.69, 9.17) is 0 Å². The van der Waals surface area contributed by atoms with Crippen LogP contribution in [0.15, 0.2) is 0 Å². The summed E-state index contributed by atoms with van der Waals surface area (Å²) in [7, 11) is 4.70. The summed E-state index contributed by atoms with van der Waals surface area (Å²) in [6.07, 6.45) is 18.8. The van der Waals surface area contributed by atoms with Crippen LogP contribution >= 0.6 is 15.9 Å². The molecule has 3 heteroatoms. The van der Waals surface area contributed by atoms with Gasteiger partial charge in [0.05, 0.1) is 32.5 Å². The van der Waals surface area contributed by atoms with E-state index in [1.807, 2.05) is 0 Å². The van der Waals surface area contributed by atoms with Gasteiger partial charge in [0.15, 0.2) is 0 Å². The Morgan fingerprint density at radius 1 is 0.591 bits per heavy atom. The standard InChI is InChI=1S/C19H41BrN.ClH/c1-4-5-6-7-8-9-10-11-12-13-14-15-16-18-21(2,3)19-17-20;/h4-19H2,1-3H3;1H/q+1;/p-1. The van der Waals surface area contributed by atoms with Crippen LogP contribution in [-0.2, 0) is 0 Å². The van der Waals surface area contributed by atoms with E-state index < -0.39 is 0 Å². The summed E-state index contributed by atoms with van der Waals surface area (Å²) >= 11 is 3.55. The molecule has 0 saturated carbocycles. The normalized spacial score (nSPS) is 11.5. The molecule has 0 aromatic rings. The Labute approximate surface area is 155 Å². The minimum atomic E-state index is 0. The van der Waals surface area contributed by atoms with Gasteiger partial charge in [0.1, 0.15) is 0 Å². The predicted molar refractivity (Wildman–Crippen MR) is 101 cm³/mol. The summed E-state index contributed by atoms with van der Waals surface area (Å²) in [6.45, 7) is 4.88. The van der Waals surface area contributed by atoms with E-state index in [2.05, 4.69) is 36.9 Å². The lowest BCUT2D eigenvalue weighted by atomic mass is 10.0. The van der Waals surface area contributed by atoms with Crippen molar-refractivity contribution < 1.29 is 16.9 Å². The highest BCUT2D eigenvalue weighted by Crippen LogP contribution is 2.13. The van der Waals surface area contributed by atoms with Crippen LogP contribution in [-0.4, -0.2) is 37.0 Å². The molecule has 0 aliphatic heterocycles. The zero-order chi connectivity index (χ0) is 15.8. The van der Waals surface area contributed by atoms with E-state index in [1.165, 1.54) is 101 Å². The van der Waals surface area contributed by atoms with E-state index in [9.17, 15) is 0 Å². The SMILES string of the molecule is CCCCCCCCCCCCCCC[N+](C)(C)CCBr.[Cl-]. The second-order valence-electron chi connectivity index (χ2n) is 7.31. The molecule has 0 fully saturated rings. The van der Waals surface area contributed by atoms with Gasteiger partial charge in [0.2, 0.25) is 0 Å². The molecule has 22 heavy (non-hydrogen) atoms. The predicted octanol–water partition coefficient (Wildman–Crippen LogP) is 3.55. The Hall–Kier alpha value is 0.730. The minimum absolute atomic E-state index is 0. The zero-order valence-corrected chi connectivity index (χ0v) is 17.9.